The summed E-state index contributed by atoms with van der Waals surface area (Å²) in [6.07, 6.45) is 1.65. The van der Waals surface area contributed by atoms with E-state index in [0.29, 0.717) is 0 Å². The lowest BCUT2D eigenvalue weighted by molar-refractivity contribution is 0.242. The quantitative estimate of drug-likeness (QED) is 0.650. The molecule has 1 heterocycles. The van der Waals surface area contributed by atoms with E-state index in [2.05, 4.69) is 10.4 Å². The van der Waals surface area contributed by atoms with Crippen molar-refractivity contribution in [3.8, 4) is 5.75 Å². The number of benzene rings is 1. The number of hydrazine groups is 1. The van der Waals surface area contributed by atoms with Crippen molar-refractivity contribution in [2.45, 2.75) is 26.0 Å². The number of ether oxygens (including phenoxy) is 1. The van der Waals surface area contributed by atoms with Gasteiger partial charge in [0, 0.05) is 6.20 Å². The highest BCUT2D eigenvalue weighted by molar-refractivity contribution is 5.33. The standard InChI is InChI=1S/C15H18FN3O/c1-10(2)20-12-7-5-11(6-8-12)14(19-17)15-13(16)4-3-9-18-15/h3-10,14,19H,17H2,1-2H3. The van der Waals surface area contributed by atoms with Gasteiger partial charge in [0.25, 0.3) is 0 Å². The van der Waals surface area contributed by atoms with Crippen LogP contribution in [-0.2, 0) is 0 Å². The van der Waals surface area contributed by atoms with Crippen LogP contribution in [0.5, 0.6) is 5.75 Å². The fourth-order valence-corrected chi connectivity index (χ4v) is 1.95. The van der Waals surface area contributed by atoms with Crippen LogP contribution in [0, 0.1) is 5.82 Å². The van der Waals surface area contributed by atoms with Gasteiger partial charge in [-0.3, -0.25) is 10.8 Å². The zero-order valence-corrected chi connectivity index (χ0v) is 11.5. The minimum absolute atomic E-state index is 0.109. The average molecular weight is 275 g/mol. The van der Waals surface area contributed by atoms with Gasteiger partial charge in [-0.05, 0) is 43.7 Å². The Balaban J connectivity index is 2.26. The van der Waals surface area contributed by atoms with E-state index in [4.69, 9.17) is 10.6 Å². The number of halogens is 1. The van der Waals surface area contributed by atoms with E-state index < -0.39 is 11.9 Å². The molecule has 5 heteroatoms. The van der Waals surface area contributed by atoms with Crippen LogP contribution in [0.1, 0.15) is 31.1 Å². The predicted molar refractivity (Wildman–Crippen MR) is 75.6 cm³/mol. The summed E-state index contributed by atoms with van der Waals surface area (Å²) in [5.74, 6) is 5.91. The number of hydrogen-bond acceptors (Lipinski definition) is 4. The molecule has 4 nitrogen and oxygen atoms in total. The molecule has 0 radical (unpaired) electrons. The maximum absolute atomic E-state index is 13.8. The molecule has 1 atom stereocenters. The van der Waals surface area contributed by atoms with Crippen molar-refractivity contribution in [2.24, 2.45) is 5.84 Å². The Morgan fingerprint density at radius 3 is 2.45 bits per heavy atom. The SMILES string of the molecule is CC(C)Oc1ccc(C(NN)c2ncccc2F)cc1. The van der Waals surface area contributed by atoms with Gasteiger partial charge in [-0.25, -0.2) is 9.82 Å². The Kier molecular flexibility index (Phi) is 4.65. The summed E-state index contributed by atoms with van der Waals surface area (Å²) < 4.78 is 19.4. The number of pyridine rings is 1. The second kappa shape index (κ2) is 6.45. The molecule has 0 aliphatic carbocycles. The van der Waals surface area contributed by atoms with E-state index in [1.807, 2.05) is 38.1 Å². The number of nitrogens with zero attached hydrogens (tertiary/aromatic N) is 1. The molecule has 3 N–H and O–H groups in total. The lowest BCUT2D eigenvalue weighted by atomic mass is 10.0. The first-order chi connectivity index (χ1) is 9.61. The minimum atomic E-state index is -0.496. The van der Waals surface area contributed by atoms with Gasteiger partial charge in [0.05, 0.1) is 17.8 Å². The van der Waals surface area contributed by atoms with Crippen molar-refractivity contribution in [1.29, 1.82) is 0 Å². The van der Waals surface area contributed by atoms with Crippen LogP contribution in [0.4, 0.5) is 4.39 Å². The summed E-state index contributed by atoms with van der Waals surface area (Å²) in [6.45, 7) is 3.92. The second-order valence-electron chi connectivity index (χ2n) is 4.71. The molecule has 20 heavy (non-hydrogen) atoms. The summed E-state index contributed by atoms with van der Waals surface area (Å²) in [6, 6.07) is 9.77. The van der Waals surface area contributed by atoms with Crippen LogP contribution in [0.3, 0.4) is 0 Å². The van der Waals surface area contributed by atoms with Crippen molar-refractivity contribution in [1.82, 2.24) is 10.4 Å². The lowest BCUT2D eigenvalue weighted by Crippen LogP contribution is -2.30. The van der Waals surface area contributed by atoms with Gasteiger partial charge < -0.3 is 4.74 Å². The molecule has 2 aromatic rings. The third-order valence-corrected chi connectivity index (χ3v) is 2.81. The van der Waals surface area contributed by atoms with Crippen LogP contribution >= 0.6 is 0 Å². The topological polar surface area (TPSA) is 60.2 Å². The highest BCUT2D eigenvalue weighted by Gasteiger charge is 2.17. The van der Waals surface area contributed by atoms with Crippen molar-refractivity contribution in [2.75, 3.05) is 0 Å². The lowest BCUT2D eigenvalue weighted by Gasteiger charge is -2.17. The van der Waals surface area contributed by atoms with Crippen LogP contribution < -0.4 is 16.0 Å². The maximum atomic E-state index is 13.8. The van der Waals surface area contributed by atoms with Gasteiger partial charge in [-0.15, -0.1) is 0 Å². The highest BCUT2D eigenvalue weighted by atomic mass is 19.1. The third-order valence-electron chi connectivity index (χ3n) is 2.81. The molecule has 0 aliphatic heterocycles. The molecule has 0 spiro atoms. The number of aromatic nitrogens is 1. The summed E-state index contributed by atoms with van der Waals surface area (Å²) in [7, 11) is 0. The van der Waals surface area contributed by atoms with Crippen molar-refractivity contribution >= 4 is 0 Å². The van der Waals surface area contributed by atoms with Gasteiger partial charge in [-0.2, -0.15) is 0 Å². The normalized spacial score (nSPS) is 12.4. The van der Waals surface area contributed by atoms with Crippen LogP contribution in [0.15, 0.2) is 42.6 Å². The Morgan fingerprint density at radius 2 is 1.90 bits per heavy atom. The number of rotatable bonds is 5. The van der Waals surface area contributed by atoms with E-state index in [0.717, 1.165) is 11.3 Å². The number of nitrogens with one attached hydrogen (secondary N) is 1. The first kappa shape index (κ1) is 14.4. The van der Waals surface area contributed by atoms with Crippen LogP contribution in [-0.4, -0.2) is 11.1 Å². The highest BCUT2D eigenvalue weighted by Crippen LogP contribution is 2.24. The smallest absolute Gasteiger partial charge is 0.146 e. The summed E-state index contributed by atoms with van der Waals surface area (Å²) >= 11 is 0. The monoisotopic (exact) mass is 275 g/mol. The summed E-state index contributed by atoms with van der Waals surface area (Å²) in [5.41, 5.74) is 3.68. The molecule has 1 aromatic carbocycles. The average Bonchev–Trinajstić information content (AvgIpc) is 2.43. The largest absolute Gasteiger partial charge is 0.491 e. The minimum Gasteiger partial charge on any atom is -0.491 e. The number of hydrogen-bond donors (Lipinski definition) is 2. The second-order valence-corrected chi connectivity index (χ2v) is 4.71. The molecule has 0 bridgehead atoms. The van der Waals surface area contributed by atoms with Crippen molar-refractivity contribution in [3.63, 3.8) is 0 Å². The fraction of sp³-hybridized carbons (Fsp3) is 0.267. The maximum Gasteiger partial charge on any atom is 0.146 e. The first-order valence-corrected chi connectivity index (χ1v) is 6.45. The van der Waals surface area contributed by atoms with E-state index in [-0.39, 0.29) is 11.8 Å². The molecule has 0 fully saturated rings. The summed E-state index contributed by atoms with van der Waals surface area (Å²) in [5, 5.41) is 0. The molecule has 0 saturated carbocycles. The molecule has 106 valence electrons. The molecular weight excluding hydrogens is 257 g/mol. The fourth-order valence-electron chi connectivity index (χ4n) is 1.95. The molecule has 0 aliphatic rings. The van der Waals surface area contributed by atoms with E-state index in [1.54, 1.807) is 12.3 Å². The molecule has 1 aromatic heterocycles. The molecule has 1 unspecified atom stereocenters. The van der Waals surface area contributed by atoms with Gasteiger partial charge in [-0.1, -0.05) is 12.1 Å². The molecular formula is C15H18FN3O. The molecule has 0 amide bonds. The zero-order valence-electron chi connectivity index (χ0n) is 11.5. The number of nitrogens with two attached hydrogens (primary N) is 1. The van der Waals surface area contributed by atoms with E-state index >= 15 is 0 Å². The van der Waals surface area contributed by atoms with Crippen LogP contribution in [0.25, 0.3) is 0 Å². The Labute approximate surface area is 117 Å². The Bertz CT molecular complexity index is 557. The Morgan fingerprint density at radius 1 is 1.20 bits per heavy atom. The van der Waals surface area contributed by atoms with E-state index in [9.17, 15) is 4.39 Å². The third kappa shape index (κ3) is 3.31. The van der Waals surface area contributed by atoms with E-state index in [1.165, 1.54) is 6.07 Å². The van der Waals surface area contributed by atoms with Crippen LogP contribution in [0.2, 0.25) is 0 Å². The van der Waals surface area contributed by atoms with Gasteiger partial charge in [0.2, 0.25) is 0 Å². The van der Waals surface area contributed by atoms with Gasteiger partial charge >= 0.3 is 0 Å². The first-order valence-electron chi connectivity index (χ1n) is 6.45. The predicted octanol–water partition coefficient (Wildman–Crippen LogP) is 2.56. The van der Waals surface area contributed by atoms with Gasteiger partial charge in [0.1, 0.15) is 11.6 Å². The molecule has 0 saturated heterocycles. The Hall–Kier alpha value is -1.98. The van der Waals surface area contributed by atoms with Gasteiger partial charge in [0.15, 0.2) is 0 Å². The zero-order chi connectivity index (χ0) is 14.5. The molecule has 2 rings (SSSR count). The van der Waals surface area contributed by atoms with Crippen molar-refractivity contribution < 1.29 is 9.13 Å². The summed E-state index contributed by atoms with van der Waals surface area (Å²) in [4.78, 5) is 4.05. The van der Waals surface area contributed by atoms with Crippen molar-refractivity contribution in [3.05, 3.63) is 59.7 Å².